The van der Waals surface area contributed by atoms with Gasteiger partial charge >= 0.3 is 0 Å². The molecule has 0 amide bonds. The lowest BCUT2D eigenvalue weighted by Crippen LogP contribution is -2.36. The highest BCUT2D eigenvalue weighted by molar-refractivity contribution is 8.04. The van der Waals surface area contributed by atoms with Crippen molar-refractivity contribution in [2.45, 2.75) is 51.1 Å². The van der Waals surface area contributed by atoms with Crippen molar-refractivity contribution >= 4 is 49.5 Å². The number of nitrogens with zero attached hydrogens (tertiary/aromatic N) is 2. The Morgan fingerprint density at radius 2 is 2.11 bits per heavy atom. The van der Waals surface area contributed by atoms with E-state index >= 15 is 0 Å². The molecule has 11 heteroatoms. The Morgan fingerprint density at radius 3 is 2.81 bits per heavy atom. The summed E-state index contributed by atoms with van der Waals surface area (Å²) in [6.07, 6.45) is 11.2. The predicted octanol–water partition coefficient (Wildman–Crippen LogP) is 5.00. The van der Waals surface area contributed by atoms with Crippen molar-refractivity contribution < 1.29 is 32.4 Å². The van der Waals surface area contributed by atoms with Gasteiger partial charge in [0.25, 0.3) is 15.1 Å². The van der Waals surface area contributed by atoms with E-state index in [0.717, 1.165) is 39.3 Å². The molecule has 2 atom stereocenters. The van der Waals surface area contributed by atoms with E-state index in [-0.39, 0.29) is 17.0 Å². The molecule has 37 heavy (non-hydrogen) atoms. The van der Waals surface area contributed by atoms with Crippen LogP contribution in [0, 0.1) is 0 Å². The summed E-state index contributed by atoms with van der Waals surface area (Å²) in [4.78, 5) is 12.1. The summed E-state index contributed by atoms with van der Waals surface area (Å²) in [6.45, 7) is 5.82. The summed E-state index contributed by atoms with van der Waals surface area (Å²) in [7, 11) is -2.57. The van der Waals surface area contributed by atoms with E-state index in [0.29, 0.717) is 25.3 Å². The number of rotatable bonds is 11. The largest absolute Gasteiger partial charge is 0.508 e. The molecular formula is C26H33N2O6S3+. The number of aryl methyl sites for hydroxylation is 1. The molecule has 0 saturated carbocycles. The molecule has 2 aromatic rings. The molecule has 2 unspecified atom stereocenters. The maximum absolute atomic E-state index is 11.4. The van der Waals surface area contributed by atoms with E-state index in [1.54, 1.807) is 29.2 Å². The first-order chi connectivity index (χ1) is 17.7. The van der Waals surface area contributed by atoms with Crippen LogP contribution in [0.2, 0.25) is 0 Å². The minimum atomic E-state index is -4.04. The van der Waals surface area contributed by atoms with Crippen LogP contribution in [0.3, 0.4) is 0 Å². The van der Waals surface area contributed by atoms with Gasteiger partial charge in [-0.3, -0.25) is 4.55 Å². The molecule has 1 aromatic carbocycles. The Balaban J connectivity index is 1.70. The summed E-state index contributed by atoms with van der Waals surface area (Å²) in [5, 5.41) is 12.4. The van der Waals surface area contributed by atoms with Crippen molar-refractivity contribution in [3.05, 3.63) is 69.4 Å². The molecule has 200 valence electrons. The van der Waals surface area contributed by atoms with Crippen molar-refractivity contribution in [2.24, 2.45) is 0 Å². The lowest BCUT2D eigenvalue weighted by Gasteiger charge is -2.26. The molecule has 1 saturated heterocycles. The molecule has 4 rings (SSSR count). The first kappa shape index (κ1) is 27.9. The average Bonchev–Trinajstić information content (AvgIpc) is 3.37. The molecule has 2 aliphatic rings. The van der Waals surface area contributed by atoms with Gasteiger partial charge in [-0.05, 0) is 48.8 Å². The number of fused-ring (bicyclic) bond motifs is 2. The number of thiazole rings is 1. The zero-order valence-electron chi connectivity index (χ0n) is 21.2. The summed E-state index contributed by atoms with van der Waals surface area (Å²) in [5.41, 5.74) is 3.07. The van der Waals surface area contributed by atoms with Crippen LogP contribution >= 0.6 is 23.1 Å². The molecule has 0 radical (unpaired) electrons. The summed E-state index contributed by atoms with van der Waals surface area (Å²) >= 11 is 3.44. The van der Waals surface area contributed by atoms with Crippen molar-refractivity contribution in [1.82, 2.24) is 4.90 Å². The Bertz CT molecular complexity index is 1360. The van der Waals surface area contributed by atoms with E-state index in [2.05, 4.69) is 41.5 Å². The highest BCUT2D eigenvalue weighted by Crippen LogP contribution is 2.42. The predicted molar refractivity (Wildman–Crippen MR) is 149 cm³/mol. The van der Waals surface area contributed by atoms with E-state index in [1.165, 1.54) is 12.1 Å². The number of allylic oxidation sites excluding steroid dienone is 3. The smallest absolute Gasteiger partial charge is 0.265 e. The van der Waals surface area contributed by atoms with Crippen molar-refractivity contribution in [1.29, 1.82) is 0 Å². The van der Waals surface area contributed by atoms with Gasteiger partial charge in [-0.2, -0.15) is 13.0 Å². The van der Waals surface area contributed by atoms with Crippen LogP contribution in [0.25, 0.3) is 16.3 Å². The second-order valence-corrected chi connectivity index (χ2v) is 12.7. The zero-order valence-corrected chi connectivity index (χ0v) is 23.6. The van der Waals surface area contributed by atoms with Crippen LogP contribution < -0.4 is 4.57 Å². The Labute approximate surface area is 226 Å². The summed E-state index contributed by atoms with van der Waals surface area (Å²) < 4.78 is 35.1. The number of likely N-dealkylation sites (N-methyl/N-ethyl adjacent to an activating group) is 1. The molecule has 8 nitrogen and oxygen atoms in total. The second-order valence-electron chi connectivity index (χ2n) is 8.83. The van der Waals surface area contributed by atoms with Gasteiger partial charge in [0.2, 0.25) is 5.52 Å². The van der Waals surface area contributed by atoms with E-state index in [1.807, 2.05) is 24.3 Å². The first-order valence-electron chi connectivity index (χ1n) is 12.2. The van der Waals surface area contributed by atoms with Gasteiger partial charge in [0.1, 0.15) is 17.1 Å². The highest BCUT2D eigenvalue weighted by atomic mass is 32.2. The number of aromatic nitrogens is 1. The van der Waals surface area contributed by atoms with E-state index < -0.39 is 10.1 Å². The molecule has 1 aromatic heterocycles. The van der Waals surface area contributed by atoms with Gasteiger partial charge in [0.05, 0.1) is 29.2 Å². The monoisotopic (exact) mass is 565 g/mol. The number of aliphatic hydroxyl groups is 1. The quantitative estimate of drug-likeness (QED) is 0.170. The van der Waals surface area contributed by atoms with Gasteiger partial charge in [-0.25, -0.2) is 9.78 Å². The summed E-state index contributed by atoms with van der Waals surface area (Å²) in [6, 6.07) is 6.19. The minimum absolute atomic E-state index is 0.131. The number of hydrogen-bond acceptors (Lipinski definition) is 8. The average molecular weight is 566 g/mol. The molecule has 2 heterocycles. The van der Waals surface area contributed by atoms with Gasteiger partial charge in [-0.1, -0.05) is 42.2 Å². The lowest BCUT2D eigenvalue weighted by atomic mass is 10.1. The van der Waals surface area contributed by atoms with Crippen LogP contribution in [0.15, 0.2) is 58.9 Å². The fourth-order valence-electron chi connectivity index (χ4n) is 4.52. The van der Waals surface area contributed by atoms with Crippen LogP contribution in [-0.2, 0) is 33.0 Å². The third-order valence-corrected chi connectivity index (χ3v) is 9.54. The molecule has 0 bridgehead atoms. The molecule has 2 N–H and O–H groups in total. The van der Waals surface area contributed by atoms with Crippen LogP contribution in [0.5, 0.6) is 0 Å². The maximum Gasteiger partial charge on any atom is 0.265 e. The Morgan fingerprint density at radius 1 is 1.30 bits per heavy atom. The second kappa shape index (κ2) is 12.1. The molecule has 1 aliphatic carbocycles. The third-order valence-electron chi connectivity index (χ3n) is 6.32. The highest BCUT2D eigenvalue weighted by Gasteiger charge is 2.36. The number of hydrogen-bond donors (Lipinski definition) is 2. The van der Waals surface area contributed by atoms with E-state index in [9.17, 15) is 18.1 Å². The van der Waals surface area contributed by atoms with Gasteiger partial charge in [0.15, 0.2) is 6.54 Å². The molecule has 1 fully saturated rings. The maximum atomic E-state index is 11.4. The molecule has 1 aliphatic heterocycles. The van der Waals surface area contributed by atoms with Crippen LogP contribution in [0.4, 0.5) is 0 Å². The van der Waals surface area contributed by atoms with Crippen molar-refractivity contribution in [3.8, 4) is 0 Å². The zero-order chi connectivity index (χ0) is 26.6. The minimum Gasteiger partial charge on any atom is -0.508 e. The third kappa shape index (κ3) is 6.84. The fraction of sp³-hybridized carbons (Fsp3) is 0.423. The number of aliphatic hydroxyl groups excluding tert-OH is 1. The van der Waals surface area contributed by atoms with Crippen molar-refractivity contribution in [2.75, 3.05) is 19.4 Å². The lowest BCUT2D eigenvalue weighted by molar-refractivity contribution is -0.668. The standard InChI is InChI=1S/C26H32N2O6S3/c1-4-18(14-25-27(5-2)22-16-20(29)8-10-24(22)35-25)15-26-28(11-6-12-37(30,31)32)21-13-19(17-34-33-3)7-9-23(21)36-26/h7-10,13-16,22,24H,4-6,11-12,17H2,1-3H3,(H-,29,30,31,32)/p+1. The van der Waals surface area contributed by atoms with Crippen LogP contribution in [0.1, 0.15) is 37.3 Å². The van der Waals surface area contributed by atoms with E-state index in [4.69, 9.17) is 9.78 Å². The van der Waals surface area contributed by atoms with Gasteiger partial charge in [-0.15, -0.1) is 0 Å². The number of thioether (sulfide) groups is 1. The van der Waals surface area contributed by atoms with Crippen LogP contribution in [-0.4, -0.2) is 53.7 Å². The topological polar surface area (TPSA) is 100 Å². The Kier molecular flexibility index (Phi) is 9.15. The van der Waals surface area contributed by atoms with Crippen molar-refractivity contribution in [3.63, 3.8) is 0 Å². The molecular weight excluding hydrogens is 532 g/mol. The Hall–Kier alpha value is -2.15. The normalized spacial score (nSPS) is 21.2. The number of benzene rings is 1. The summed E-state index contributed by atoms with van der Waals surface area (Å²) in [5.74, 6) is 0.00967. The fourth-order valence-corrected chi connectivity index (χ4v) is 7.56. The van der Waals surface area contributed by atoms with Gasteiger partial charge in [0, 0.05) is 25.1 Å². The van der Waals surface area contributed by atoms with Gasteiger partial charge < -0.3 is 10.0 Å². The molecule has 0 spiro atoms. The first-order valence-corrected chi connectivity index (χ1v) is 15.5. The SMILES string of the molecule is CCC(=C\c1sc2ccc(COOC)cc2[n+]1CCCS(=O)(=O)O)/C=C1/SC2C=CC(O)=CC2N1CC.